The van der Waals surface area contributed by atoms with E-state index in [1.807, 2.05) is 4.90 Å². The van der Waals surface area contributed by atoms with Crippen LogP contribution in [0.5, 0.6) is 0 Å². The molecule has 0 radical (unpaired) electrons. The molecule has 176 valence electrons. The summed E-state index contributed by atoms with van der Waals surface area (Å²) in [5, 5.41) is 7.31. The van der Waals surface area contributed by atoms with Crippen LogP contribution in [0, 0.1) is 25.6 Å². The van der Waals surface area contributed by atoms with Gasteiger partial charge in [0.2, 0.25) is 11.8 Å². The molecule has 0 aliphatic carbocycles. The number of hydrogen-bond donors (Lipinski definition) is 2. The van der Waals surface area contributed by atoms with Gasteiger partial charge in [0.25, 0.3) is 10.0 Å². The van der Waals surface area contributed by atoms with E-state index in [-0.39, 0.29) is 28.4 Å². The Morgan fingerprint density at radius 2 is 1.91 bits per heavy atom. The minimum absolute atomic E-state index is 0.0287. The summed E-state index contributed by atoms with van der Waals surface area (Å²) in [6.45, 7) is 4.43. The first kappa shape index (κ1) is 22.3. The number of fused-ring (bicyclic) bond motifs is 1. The van der Waals surface area contributed by atoms with E-state index in [4.69, 9.17) is 4.52 Å². The van der Waals surface area contributed by atoms with Crippen LogP contribution in [0.25, 0.3) is 10.2 Å². The lowest BCUT2D eigenvalue weighted by Crippen LogP contribution is -2.52. The van der Waals surface area contributed by atoms with Gasteiger partial charge in [-0.25, -0.2) is 22.5 Å². The fraction of sp³-hybridized carbons (Fsp3) is 0.227. The van der Waals surface area contributed by atoms with Crippen LogP contribution < -0.4 is 14.9 Å². The van der Waals surface area contributed by atoms with Gasteiger partial charge in [-0.1, -0.05) is 16.5 Å². The predicted octanol–water partition coefficient (Wildman–Crippen LogP) is 3.92. The second-order valence-electron chi connectivity index (χ2n) is 8.05. The van der Waals surface area contributed by atoms with Crippen LogP contribution in [-0.4, -0.2) is 37.6 Å². The largest absolute Gasteiger partial charge is 0.346 e. The van der Waals surface area contributed by atoms with E-state index >= 15 is 0 Å². The van der Waals surface area contributed by atoms with Gasteiger partial charge >= 0.3 is 0 Å². The molecule has 1 saturated heterocycles. The summed E-state index contributed by atoms with van der Waals surface area (Å²) in [7, 11) is -3.86. The number of hydrogen-bond acceptors (Lipinski definition) is 8. The molecule has 0 bridgehead atoms. The number of carbonyl (C=O) groups excluding carboxylic acids is 1. The Morgan fingerprint density at radius 3 is 2.59 bits per heavy atom. The number of amides is 1. The third-order valence-electron chi connectivity index (χ3n) is 5.68. The first-order valence-corrected chi connectivity index (χ1v) is 12.7. The maximum atomic E-state index is 13.4. The van der Waals surface area contributed by atoms with Crippen molar-refractivity contribution in [2.75, 3.05) is 28.0 Å². The number of nitrogens with zero attached hydrogens (tertiary/aromatic N) is 3. The number of thiazole rings is 1. The molecule has 2 aromatic heterocycles. The molecular weight excluding hydrogens is 481 g/mol. The molecule has 12 heteroatoms. The second kappa shape index (κ2) is 8.37. The highest BCUT2D eigenvalue weighted by Gasteiger charge is 2.34. The summed E-state index contributed by atoms with van der Waals surface area (Å²) in [5.41, 5.74) is 2.43. The van der Waals surface area contributed by atoms with Crippen molar-refractivity contribution in [2.45, 2.75) is 18.7 Å². The summed E-state index contributed by atoms with van der Waals surface area (Å²) < 4.78 is 46.7. The van der Waals surface area contributed by atoms with E-state index in [9.17, 15) is 17.6 Å². The van der Waals surface area contributed by atoms with Crippen LogP contribution in [0.3, 0.4) is 0 Å². The average molecular weight is 502 g/mol. The van der Waals surface area contributed by atoms with Crippen molar-refractivity contribution in [1.29, 1.82) is 0 Å². The molecule has 1 amide bonds. The molecule has 3 heterocycles. The summed E-state index contributed by atoms with van der Waals surface area (Å²) in [5.74, 6) is -0.625. The summed E-state index contributed by atoms with van der Waals surface area (Å²) in [6, 6.07) is 10.3. The van der Waals surface area contributed by atoms with Crippen molar-refractivity contribution in [2.24, 2.45) is 5.92 Å². The Morgan fingerprint density at radius 1 is 1.18 bits per heavy atom. The second-order valence-corrected chi connectivity index (χ2v) is 10.7. The number of anilines is 3. The molecular formula is C22H20FN5O4S2. The monoisotopic (exact) mass is 501 g/mol. The Kier molecular flexibility index (Phi) is 5.48. The summed E-state index contributed by atoms with van der Waals surface area (Å²) in [6.07, 6.45) is 0. The number of benzene rings is 2. The lowest BCUT2D eigenvalue weighted by atomic mass is 10.00. The Hall–Kier alpha value is -3.51. The Labute approximate surface area is 198 Å². The van der Waals surface area contributed by atoms with Crippen molar-refractivity contribution in [3.05, 3.63) is 59.5 Å². The lowest BCUT2D eigenvalue weighted by Gasteiger charge is -2.37. The smallest absolute Gasteiger partial charge is 0.264 e. The molecule has 1 fully saturated rings. The number of nitrogens with one attached hydrogen (secondary N) is 2. The third kappa shape index (κ3) is 4.21. The molecule has 0 unspecified atom stereocenters. The topological polar surface area (TPSA) is 117 Å². The first-order valence-electron chi connectivity index (χ1n) is 10.4. The van der Waals surface area contributed by atoms with Gasteiger partial charge < -0.3 is 14.7 Å². The van der Waals surface area contributed by atoms with Crippen LogP contribution in [0.4, 0.5) is 21.1 Å². The standard InChI is InChI=1S/C22H20FN5O4S2/c1-12-13(2)26-32-21(12)27-34(30,31)17-6-4-16(5-7-17)24-20(29)14-10-28(11-14)22-25-18-8-3-15(23)9-19(18)33-22/h3-9,14,27H,10-11H2,1-2H3,(H,24,29). The van der Waals surface area contributed by atoms with Crippen LogP contribution >= 0.6 is 11.3 Å². The van der Waals surface area contributed by atoms with Crippen molar-refractivity contribution in [3.8, 4) is 0 Å². The average Bonchev–Trinajstić information content (AvgIpc) is 3.30. The minimum Gasteiger partial charge on any atom is -0.346 e. The van der Waals surface area contributed by atoms with Crippen LogP contribution in [0.1, 0.15) is 11.3 Å². The molecule has 0 atom stereocenters. The zero-order chi connectivity index (χ0) is 24.0. The molecule has 4 aromatic rings. The van der Waals surface area contributed by atoms with Crippen molar-refractivity contribution in [1.82, 2.24) is 10.1 Å². The molecule has 0 saturated carbocycles. The van der Waals surface area contributed by atoms with E-state index in [1.54, 1.807) is 19.9 Å². The normalized spacial score (nSPS) is 14.3. The number of sulfonamides is 1. The molecule has 1 aliphatic heterocycles. The van der Waals surface area contributed by atoms with Crippen molar-refractivity contribution < 1.29 is 22.1 Å². The Bertz CT molecular complexity index is 1490. The molecule has 1 aliphatic rings. The van der Waals surface area contributed by atoms with E-state index in [0.29, 0.717) is 30.0 Å². The number of halogens is 1. The molecule has 2 N–H and O–H groups in total. The van der Waals surface area contributed by atoms with Crippen molar-refractivity contribution in [3.63, 3.8) is 0 Å². The number of aryl methyl sites for hydroxylation is 1. The third-order valence-corrected chi connectivity index (χ3v) is 8.10. The molecule has 9 nitrogen and oxygen atoms in total. The SMILES string of the molecule is Cc1noc(NS(=O)(=O)c2ccc(NC(=O)C3CN(c4nc5ccc(F)cc5s4)C3)cc2)c1C. The van der Waals surface area contributed by atoms with Gasteiger partial charge in [0, 0.05) is 24.3 Å². The summed E-state index contributed by atoms with van der Waals surface area (Å²) >= 11 is 1.39. The quantitative estimate of drug-likeness (QED) is 0.411. The van der Waals surface area contributed by atoms with Gasteiger partial charge in [-0.15, -0.1) is 0 Å². The predicted molar refractivity (Wildman–Crippen MR) is 127 cm³/mol. The van der Waals surface area contributed by atoms with E-state index in [2.05, 4.69) is 20.2 Å². The number of rotatable bonds is 6. The maximum Gasteiger partial charge on any atom is 0.264 e. The van der Waals surface area contributed by atoms with Crippen LogP contribution in [-0.2, 0) is 14.8 Å². The van der Waals surface area contributed by atoms with Crippen LogP contribution in [0.2, 0.25) is 0 Å². The highest BCUT2D eigenvalue weighted by atomic mass is 32.2. The van der Waals surface area contributed by atoms with E-state index < -0.39 is 10.0 Å². The fourth-order valence-corrected chi connectivity index (χ4v) is 5.53. The van der Waals surface area contributed by atoms with Gasteiger partial charge in [-0.2, -0.15) is 0 Å². The molecule has 5 rings (SSSR count). The van der Waals surface area contributed by atoms with Gasteiger partial charge in [-0.05, 0) is 56.3 Å². The van der Waals surface area contributed by atoms with Crippen LogP contribution in [0.15, 0.2) is 51.9 Å². The van der Waals surface area contributed by atoms with E-state index in [0.717, 1.165) is 15.3 Å². The molecule has 2 aromatic carbocycles. The molecule has 0 spiro atoms. The lowest BCUT2D eigenvalue weighted by molar-refractivity contribution is -0.120. The zero-order valence-corrected chi connectivity index (χ0v) is 19.8. The Balaban J connectivity index is 1.19. The van der Waals surface area contributed by atoms with Gasteiger partial charge in [0.05, 0.1) is 26.7 Å². The number of aromatic nitrogens is 2. The number of carbonyl (C=O) groups is 1. The summed E-state index contributed by atoms with van der Waals surface area (Å²) in [4.78, 5) is 19.1. The van der Waals surface area contributed by atoms with Crippen molar-refractivity contribution >= 4 is 54.2 Å². The molecule has 34 heavy (non-hydrogen) atoms. The highest BCUT2D eigenvalue weighted by molar-refractivity contribution is 7.92. The van der Waals surface area contributed by atoms with Gasteiger partial charge in [-0.3, -0.25) is 4.79 Å². The van der Waals surface area contributed by atoms with E-state index in [1.165, 1.54) is 47.7 Å². The van der Waals surface area contributed by atoms with Gasteiger partial charge in [0.15, 0.2) is 5.13 Å². The maximum absolute atomic E-state index is 13.4. The van der Waals surface area contributed by atoms with Gasteiger partial charge in [0.1, 0.15) is 5.82 Å². The highest BCUT2D eigenvalue weighted by Crippen LogP contribution is 2.33. The minimum atomic E-state index is -3.86. The fourth-order valence-electron chi connectivity index (χ4n) is 3.48. The first-order chi connectivity index (χ1) is 16.2. The zero-order valence-electron chi connectivity index (χ0n) is 18.2.